The molecule has 0 fully saturated rings. The van der Waals surface area contributed by atoms with Crippen LogP contribution < -0.4 is 10.2 Å². The Balaban J connectivity index is 1.62. The van der Waals surface area contributed by atoms with Crippen molar-refractivity contribution in [2.75, 3.05) is 25.0 Å². The first-order valence-corrected chi connectivity index (χ1v) is 10.3. The van der Waals surface area contributed by atoms with Crippen molar-refractivity contribution in [3.63, 3.8) is 0 Å². The highest BCUT2D eigenvalue weighted by Gasteiger charge is 2.25. The molecule has 1 amide bonds. The van der Waals surface area contributed by atoms with Crippen LogP contribution in [0.5, 0.6) is 0 Å². The van der Waals surface area contributed by atoms with E-state index >= 15 is 0 Å². The van der Waals surface area contributed by atoms with Crippen LogP contribution >= 0.6 is 11.3 Å². The normalized spacial score (nSPS) is 16.0. The average Bonchev–Trinajstić information content (AvgIpc) is 3.12. The Labute approximate surface area is 173 Å². The van der Waals surface area contributed by atoms with Crippen LogP contribution in [0.25, 0.3) is 0 Å². The Morgan fingerprint density at radius 3 is 2.72 bits per heavy atom. The number of hydrogen-bond donors (Lipinski definition) is 1. The van der Waals surface area contributed by atoms with E-state index in [4.69, 9.17) is 4.99 Å². The molecule has 29 heavy (non-hydrogen) atoms. The van der Waals surface area contributed by atoms with Crippen LogP contribution in [0.3, 0.4) is 0 Å². The standard InChI is InChI=1S/C23H22FN3OS/c1-15-8-11-21(29-15)23(28)26-14-18-13-25-22(16-6-4-3-5-7-16)19-10-9-17(24)12-20(19)27(18)2/h3-12,18H,13-14H2,1-2H3,(H,26,28). The lowest BCUT2D eigenvalue weighted by molar-refractivity contribution is 0.0955. The van der Waals surface area contributed by atoms with Crippen LogP contribution in [0.15, 0.2) is 65.7 Å². The zero-order valence-electron chi connectivity index (χ0n) is 16.4. The molecule has 1 N–H and O–H groups in total. The molecule has 0 aliphatic carbocycles. The predicted octanol–water partition coefficient (Wildman–Crippen LogP) is 4.28. The number of carbonyl (C=O) groups is 1. The van der Waals surface area contributed by atoms with Crippen molar-refractivity contribution in [1.29, 1.82) is 0 Å². The van der Waals surface area contributed by atoms with Crippen molar-refractivity contribution in [3.05, 3.63) is 87.4 Å². The SMILES string of the molecule is Cc1ccc(C(=O)NCC2CN=C(c3ccccc3)c3ccc(F)cc3N2C)s1. The maximum absolute atomic E-state index is 14.1. The van der Waals surface area contributed by atoms with E-state index in [-0.39, 0.29) is 17.8 Å². The van der Waals surface area contributed by atoms with Crippen molar-refractivity contribution < 1.29 is 9.18 Å². The number of nitrogens with zero attached hydrogens (tertiary/aromatic N) is 2. The van der Waals surface area contributed by atoms with Crippen LogP contribution in [-0.2, 0) is 0 Å². The monoisotopic (exact) mass is 407 g/mol. The fourth-order valence-electron chi connectivity index (χ4n) is 3.50. The molecule has 2 heterocycles. The van der Waals surface area contributed by atoms with Gasteiger partial charge in [-0.25, -0.2) is 4.39 Å². The van der Waals surface area contributed by atoms with Crippen molar-refractivity contribution in [2.45, 2.75) is 13.0 Å². The molecule has 1 unspecified atom stereocenters. The van der Waals surface area contributed by atoms with Gasteiger partial charge in [-0.05, 0) is 37.3 Å². The molecule has 0 bridgehead atoms. The number of hydrogen-bond acceptors (Lipinski definition) is 4. The van der Waals surface area contributed by atoms with Crippen molar-refractivity contribution in [3.8, 4) is 0 Å². The summed E-state index contributed by atoms with van der Waals surface area (Å²) in [5.74, 6) is -0.380. The van der Waals surface area contributed by atoms with Crippen LogP contribution in [-0.4, -0.2) is 37.8 Å². The van der Waals surface area contributed by atoms with Crippen molar-refractivity contribution in [2.24, 2.45) is 4.99 Å². The minimum atomic E-state index is -0.290. The number of carbonyl (C=O) groups excluding carboxylic acids is 1. The lowest BCUT2D eigenvalue weighted by Gasteiger charge is -2.28. The summed E-state index contributed by atoms with van der Waals surface area (Å²) in [6.45, 7) is 2.90. The quantitative estimate of drug-likeness (QED) is 0.702. The van der Waals surface area contributed by atoms with Gasteiger partial charge in [0.1, 0.15) is 5.82 Å². The van der Waals surface area contributed by atoms with Gasteiger partial charge in [0.25, 0.3) is 5.91 Å². The third-order valence-corrected chi connectivity index (χ3v) is 6.11. The Bertz CT molecular complexity index is 1060. The fourth-order valence-corrected chi connectivity index (χ4v) is 4.28. The second-order valence-corrected chi connectivity index (χ2v) is 8.39. The molecule has 0 saturated carbocycles. The number of rotatable bonds is 4. The largest absolute Gasteiger partial charge is 0.367 e. The summed E-state index contributed by atoms with van der Waals surface area (Å²) in [7, 11) is 1.92. The highest BCUT2D eigenvalue weighted by Crippen LogP contribution is 2.28. The molecule has 0 saturated heterocycles. The molecule has 6 heteroatoms. The second kappa shape index (κ2) is 8.17. The predicted molar refractivity (Wildman–Crippen MR) is 117 cm³/mol. The Morgan fingerprint density at radius 1 is 1.21 bits per heavy atom. The number of fused-ring (bicyclic) bond motifs is 1. The van der Waals surface area contributed by atoms with E-state index in [9.17, 15) is 9.18 Å². The molecule has 0 radical (unpaired) electrons. The zero-order valence-corrected chi connectivity index (χ0v) is 17.2. The number of amides is 1. The van der Waals surface area contributed by atoms with E-state index < -0.39 is 0 Å². The van der Waals surface area contributed by atoms with Crippen LogP contribution in [0.4, 0.5) is 10.1 Å². The molecule has 4 nitrogen and oxygen atoms in total. The summed E-state index contributed by atoms with van der Waals surface area (Å²) >= 11 is 1.47. The number of anilines is 1. The van der Waals surface area contributed by atoms with Gasteiger partial charge in [0, 0.05) is 35.3 Å². The maximum Gasteiger partial charge on any atom is 0.261 e. The summed E-state index contributed by atoms with van der Waals surface area (Å²) in [6.07, 6.45) is 0. The second-order valence-electron chi connectivity index (χ2n) is 7.10. The number of benzodiazepines with no additional fused rings is 1. The Morgan fingerprint density at radius 2 is 2.00 bits per heavy atom. The van der Waals surface area contributed by atoms with E-state index in [1.165, 1.54) is 23.5 Å². The van der Waals surface area contributed by atoms with Gasteiger partial charge in [-0.2, -0.15) is 0 Å². The first-order valence-electron chi connectivity index (χ1n) is 9.50. The highest BCUT2D eigenvalue weighted by molar-refractivity contribution is 7.13. The molecule has 3 aromatic rings. The van der Waals surface area contributed by atoms with Crippen LogP contribution in [0.2, 0.25) is 0 Å². The number of thiophene rings is 1. The zero-order chi connectivity index (χ0) is 20.4. The van der Waals surface area contributed by atoms with E-state index in [1.807, 2.05) is 61.3 Å². The molecule has 4 rings (SSSR count). The van der Waals surface area contributed by atoms with Gasteiger partial charge >= 0.3 is 0 Å². The average molecular weight is 408 g/mol. The first kappa shape index (κ1) is 19.3. The Hall–Kier alpha value is -2.99. The highest BCUT2D eigenvalue weighted by atomic mass is 32.1. The number of aliphatic imine (C=N–C) groups is 1. The number of nitrogens with one attached hydrogen (secondary N) is 1. The van der Waals surface area contributed by atoms with E-state index in [0.717, 1.165) is 27.4 Å². The summed E-state index contributed by atoms with van der Waals surface area (Å²) in [5, 5.41) is 3.01. The lowest BCUT2D eigenvalue weighted by Crippen LogP contribution is -2.43. The number of likely N-dealkylation sites (N-methyl/N-ethyl adjacent to an activating group) is 1. The minimum Gasteiger partial charge on any atom is -0.367 e. The molecular formula is C23H22FN3OS. The van der Waals surface area contributed by atoms with Gasteiger partial charge in [-0.15, -0.1) is 11.3 Å². The van der Waals surface area contributed by atoms with Gasteiger partial charge in [0.05, 0.1) is 23.2 Å². The van der Waals surface area contributed by atoms with Gasteiger partial charge in [-0.1, -0.05) is 30.3 Å². The molecule has 1 aliphatic heterocycles. The molecule has 1 aromatic heterocycles. The third-order valence-electron chi connectivity index (χ3n) is 5.11. The summed E-state index contributed by atoms with van der Waals surface area (Å²) in [5.41, 5.74) is 3.50. The summed E-state index contributed by atoms with van der Waals surface area (Å²) < 4.78 is 14.1. The van der Waals surface area contributed by atoms with E-state index in [0.29, 0.717) is 18.0 Å². The maximum atomic E-state index is 14.1. The fraction of sp³-hybridized carbons (Fsp3) is 0.217. The van der Waals surface area contributed by atoms with Gasteiger partial charge in [-0.3, -0.25) is 9.79 Å². The van der Waals surface area contributed by atoms with Crippen molar-refractivity contribution >= 4 is 28.6 Å². The number of benzene rings is 2. The summed E-state index contributed by atoms with van der Waals surface area (Å²) in [4.78, 5) is 21.1. The van der Waals surface area contributed by atoms with Gasteiger partial charge < -0.3 is 10.2 Å². The van der Waals surface area contributed by atoms with Crippen LogP contribution in [0.1, 0.15) is 25.7 Å². The van der Waals surface area contributed by atoms with Crippen molar-refractivity contribution in [1.82, 2.24) is 5.32 Å². The summed E-state index contributed by atoms with van der Waals surface area (Å²) in [6, 6.07) is 18.4. The van der Waals surface area contributed by atoms with Crippen LogP contribution in [0, 0.1) is 12.7 Å². The number of halogens is 1. The van der Waals surface area contributed by atoms with Gasteiger partial charge in [0.15, 0.2) is 0 Å². The topological polar surface area (TPSA) is 44.7 Å². The third kappa shape index (κ3) is 4.07. The number of aryl methyl sites for hydroxylation is 1. The molecule has 1 aliphatic rings. The van der Waals surface area contributed by atoms with E-state index in [1.54, 1.807) is 6.07 Å². The molecular weight excluding hydrogens is 385 g/mol. The first-order chi connectivity index (χ1) is 14.0. The van der Waals surface area contributed by atoms with Gasteiger partial charge in [0.2, 0.25) is 0 Å². The molecule has 1 atom stereocenters. The minimum absolute atomic E-state index is 0.0817. The molecule has 148 valence electrons. The molecule has 0 spiro atoms. The molecule has 2 aromatic carbocycles. The lowest BCUT2D eigenvalue weighted by atomic mass is 10.00. The van der Waals surface area contributed by atoms with E-state index in [2.05, 4.69) is 5.32 Å². The Kier molecular flexibility index (Phi) is 5.45. The smallest absolute Gasteiger partial charge is 0.261 e.